The first-order valence-corrected chi connectivity index (χ1v) is 8.41. The molecule has 0 saturated carbocycles. The van der Waals surface area contributed by atoms with Gasteiger partial charge >= 0.3 is 0 Å². The zero-order valence-corrected chi connectivity index (χ0v) is 14.6. The molecule has 1 heterocycles. The van der Waals surface area contributed by atoms with Crippen LogP contribution < -0.4 is 10.6 Å². The van der Waals surface area contributed by atoms with Crippen LogP contribution >= 0.6 is 11.3 Å². The van der Waals surface area contributed by atoms with Crippen LogP contribution in [0.25, 0.3) is 0 Å². The molecule has 6 heteroatoms. The van der Waals surface area contributed by atoms with Gasteiger partial charge in [-0.15, -0.1) is 11.3 Å². The number of rotatable bonds is 8. The third-order valence-electron chi connectivity index (χ3n) is 3.39. The lowest BCUT2D eigenvalue weighted by atomic mass is 10.1. The van der Waals surface area contributed by atoms with Gasteiger partial charge in [0.1, 0.15) is 0 Å². The molecule has 0 aliphatic heterocycles. The maximum absolute atomic E-state index is 11.8. The van der Waals surface area contributed by atoms with Crippen LogP contribution in [0, 0.1) is 13.8 Å². The summed E-state index contributed by atoms with van der Waals surface area (Å²) < 4.78 is 4.92. The lowest BCUT2D eigenvalue weighted by molar-refractivity contribution is -0.115. The van der Waals surface area contributed by atoms with E-state index in [4.69, 9.17) is 4.74 Å². The van der Waals surface area contributed by atoms with Crippen LogP contribution in [-0.4, -0.2) is 37.7 Å². The van der Waals surface area contributed by atoms with Crippen molar-refractivity contribution in [2.24, 2.45) is 0 Å². The lowest BCUT2D eigenvalue weighted by Crippen LogP contribution is -2.30. The molecule has 0 saturated heterocycles. The minimum absolute atomic E-state index is 0.0864. The van der Waals surface area contributed by atoms with E-state index in [1.807, 2.05) is 6.92 Å². The molecule has 0 aliphatic rings. The number of hydrogen-bond donors (Lipinski definition) is 2. The van der Waals surface area contributed by atoms with E-state index in [1.165, 1.54) is 27.3 Å². The Bertz CT molecular complexity index is 638. The van der Waals surface area contributed by atoms with Gasteiger partial charge in [0, 0.05) is 25.0 Å². The first-order valence-electron chi connectivity index (χ1n) is 7.60. The lowest BCUT2D eigenvalue weighted by Gasteiger charge is -2.03. The van der Waals surface area contributed by atoms with E-state index in [-0.39, 0.29) is 12.5 Å². The summed E-state index contributed by atoms with van der Waals surface area (Å²) in [6.07, 6.45) is 0.839. The Kier molecular flexibility index (Phi) is 6.70. The van der Waals surface area contributed by atoms with Crippen LogP contribution in [-0.2, 0) is 16.0 Å². The van der Waals surface area contributed by atoms with Crippen molar-refractivity contribution in [2.45, 2.75) is 20.3 Å². The second-order valence-electron chi connectivity index (χ2n) is 5.41. The fourth-order valence-corrected chi connectivity index (χ4v) is 3.09. The number of nitrogens with zero attached hydrogens (tertiary/aromatic N) is 1. The molecule has 5 nitrogen and oxygen atoms in total. The second-order valence-corrected chi connectivity index (χ2v) is 6.49. The Hall–Kier alpha value is -1.76. The Morgan fingerprint density at radius 1 is 1.26 bits per heavy atom. The number of ether oxygens (including phenoxy) is 1. The summed E-state index contributed by atoms with van der Waals surface area (Å²) in [5, 5.41) is 6.51. The third-order valence-corrected chi connectivity index (χ3v) is 4.47. The number of methoxy groups -OCH3 is 1. The molecule has 2 aromatic rings. The van der Waals surface area contributed by atoms with E-state index in [9.17, 15) is 4.79 Å². The van der Waals surface area contributed by atoms with E-state index < -0.39 is 0 Å². The van der Waals surface area contributed by atoms with Gasteiger partial charge in [-0.3, -0.25) is 4.79 Å². The number of carbonyl (C=O) groups excluding carboxylic acids is 1. The molecular weight excluding hydrogens is 310 g/mol. The summed E-state index contributed by atoms with van der Waals surface area (Å²) in [5.41, 5.74) is 3.48. The van der Waals surface area contributed by atoms with E-state index in [0.29, 0.717) is 18.3 Å². The fraction of sp³-hybridized carbons (Fsp3) is 0.412. The van der Waals surface area contributed by atoms with Crippen LogP contribution in [0.3, 0.4) is 0 Å². The zero-order valence-electron chi connectivity index (χ0n) is 13.8. The maximum atomic E-state index is 11.8. The molecule has 124 valence electrons. The molecule has 0 fully saturated rings. The van der Waals surface area contributed by atoms with Gasteiger partial charge in [0.25, 0.3) is 0 Å². The van der Waals surface area contributed by atoms with Crippen LogP contribution in [0.2, 0.25) is 0 Å². The van der Waals surface area contributed by atoms with Crippen molar-refractivity contribution in [3.05, 3.63) is 46.0 Å². The van der Waals surface area contributed by atoms with Gasteiger partial charge in [-0.25, -0.2) is 4.98 Å². The van der Waals surface area contributed by atoms with Crippen LogP contribution in [0.15, 0.2) is 24.3 Å². The number of nitrogens with one attached hydrogen (secondary N) is 2. The minimum atomic E-state index is -0.0864. The first kappa shape index (κ1) is 17.6. The largest absolute Gasteiger partial charge is 0.383 e. The third kappa shape index (κ3) is 5.74. The molecule has 0 unspecified atom stereocenters. The van der Waals surface area contributed by atoms with Crippen molar-refractivity contribution >= 4 is 22.4 Å². The molecule has 0 aliphatic carbocycles. The molecule has 23 heavy (non-hydrogen) atoms. The number of carbonyl (C=O) groups is 1. The predicted octanol–water partition coefficient (Wildman–Crippen LogP) is 2.53. The highest BCUT2D eigenvalue weighted by Gasteiger charge is 2.10. The minimum Gasteiger partial charge on any atom is -0.383 e. The van der Waals surface area contributed by atoms with Crippen LogP contribution in [0.5, 0.6) is 0 Å². The Labute approximate surface area is 141 Å². The number of thiazole rings is 1. The van der Waals surface area contributed by atoms with Crippen molar-refractivity contribution in [1.82, 2.24) is 10.3 Å². The number of hydrogen-bond acceptors (Lipinski definition) is 5. The molecule has 0 spiro atoms. The highest BCUT2D eigenvalue weighted by Crippen LogP contribution is 2.25. The van der Waals surface area contributed by atoms with Crippen LogP contribution in [0.1, 0.15) is 21.7 Å². The van der Waals surface area contributed by atoms with Gasteiger partial charge in [-0.2, -0.15) is 0 Å². The SMILES string of the molecule is COCCNCC(=O)Nc1nc(C)c(Cc2ccc(C)cc2)s1. The summed E-state index contributed by atoms with van der Waals surface area (Å²) in [4.78, 5) is 17.5. The number of benzene rings is 1. The summed E-state index contributed by atoms with van der Waals surface area (Å²) in [6, 6.07) is 8.49. The van der Waals surface area contributed by atoms with Gasteiger partial charge < -0.3 is 15.4 Å². The quantitative estimate of drug-likeness (QED) is 0.729. The standard InChI is InChI=1S/C17H23N3O2S/c1-12-4-6-14(7-5-12)10-15-13(2)19-17(23-15)20-16(21)11-18-8-9-22-3/h4-7,18H,8-11H2,1-3H3,(H,19,20,21). The van der Waals surface area contributed by atoms with Crippen molar-refractivity contribution in [1.29, 1.82) is 0 Å². The number of aromatic nitrogens is 1. The molecule has 2 N–H and O–H groups in total. The summed E-state index contributed by atoms with van der Waals surface area (Å²) in [6.45, 7) is 5.56. The van der Waals surface area contributed by atoms with E-state index in [2.05, 4.69) is 46.8 Å². The first-order chi connectivity index (χ1) is 11.1. The van der Waals surface area contributed by atoms with Gasteiger partial charge in [0.15, 0.2) is 5.13 Å². The maximum Gasteiger partial charge on any atom is 0.240 e. The van der Waals surface area contributed by atoms with Crippen molar-refractivity contribution in [3.8, 4) is 0 Å². The van der Waals surface area contributed by atoms with Crippen molar-refractivity contribution < 1.29 is 9.53 Å². The summed E-state index contributed by atoms with van der Waals surface area (Å²) in [7, 11) is 1.63. The summed E-state index contributed by atoms with van der Waals surface area (Å²) >= 11 is 1.54. The highest BCUT2D eigenvalue weighted by molar-refractivity contribution is 7.15. The fourth-order valence-electron chi connectivity index (χ4n) is 2.08. The smallest absolute Gasteiger partial charge is 0.240 e. The van der Waals surface area contributed by atoms with Crippen molar-refractivity contribution in [3.63, 3.8) is 0 Å². The molecule has 0 radical (unpaired) electrons. The topological polar surface area (TPSA) is 63.2 Å². The van der Waals surface area contributed by atoms with Crippen LogP contribution in [0.4, 0.5) is 5.13 Å². The number of aryl methyl sites for hydroxylation is 2. The Balaban J connectivity index is 1.90. The monoisotopic (exact) mass is 333 g/mol. The van der Waals surface area contributed by atoms with E-state index in [1.54, 1.807) is 7.11 Å². The summed E-state index contributed by atoms with van der Waals surface area (Å²) in [5.74, 6) is -0.0864. The molecule has 1 aromatic heterocycles. The molecular formula is C17H23N3O2S. The number of anilines is 1. The Morgan fingerprint density at radius 2 is 2.00 bits per heavy atom. The average Bonchev–Trinajstić information content (AvgIpc) is 2.85. The van der Waals surface area contributed by atoms with Gasteiger partial charge in [0.2, 0.25) is 5.91 Å². The molecule has 1 amide bonds. The predicted molar refractivity (Wildman–Crippen MR) is 94.2 cm³/mol. The van der Waals surface area contributed by atoms with E-state index in [0.717, 1.165) is 12.1 Å². The second kappa shape index (κ2) is 8.76. The average molecular weight is 333 g/mol. The van der Waals surface area contributed by atoms with Gasteiger partial charge in [-0.1, -0.05) is 29.8 Å². The molecule has 0 atom stereocenters. The Morgan fingerprint density at radius 3 is 2.70 bits per heavy atom. The normalized spacial score (nSPS) is 10.7. The zero-order chi connectivity index (χ0) is 16.7. The van der Waals surface area contributed by atoms with E-state index >= 15 is 0 Å². The highest BCUT2D eigenvalue weighted by atomic mass is 32.1. The number of amides is 1. The molecule has 1 aromatic carbocycles. The molecule has 2 rings (SSSR count). The van der Waals surface area contributed by atoms with Crippen molar-refractivity contribution in [2.75, 3.05) is 32.1 Å². The molecule has 0 bridgehead atoms. The van der Waals surface area contributed by atoms with Gasteiger partial charge in [0.05, 0.1) is 18.8 Å². The van der Waals surface area contributed by atoms with Gasteiger partial charge in [-0.05, 0) is 19.4 Å².